The van der Waals surface area contributed by atoms with Crippen LogP contribution >= 0.6 is 11.8 Å². The molecule has 0 amide bonds. The first-order valence-corrected chi connectivity index (χ1v) is 9.20. The molecule has 1 saturated carbocycles. The van der Waals surface area contributed by atoms with Gasteiger partial charge in [-0.15, -0.1) is 10.2 Å². The number of nitrogens with zero attached hydrogens (tertiary/aromatic N) is 4. The van der Waals surface area contributed by atoms with Gasteiger partial charge in [0.25, 0.3) is 0 Å². The number of thioether (sulfide) groups is 1. The summed E-state index contributed by atoms with van der Waals surface area (Å²) in [5.74, 6) is 3.89. The van der Waals surface area contributed by atoms with E-state index < -0.39 is 0 Å². The van der Waals surface area contributed by atoms with Crippen molar-refractivity contribution in [1.29, 1.82) is 0 Å². The van der Waals surface area contributed by atoms with Crippen molar-refractivity contribution in [3.05, 3.63) is 11.6 Å². The van der Waals surface area contributed by atoms with Crippen molar-refractivity contribution in [2.24, 2.45) is 12.0 Å². The van der Waals surface area contributed by atoms with Gasteiger partial charge >= 0.3 is 0 Å². The minimum atomic E-state index is 0.531. The molecular formula is C15H28N6S. The van der Waals surface area contributed by atoms with Crippen molar-refractivity contribution in [1.82, 2.24) is 25.4 Å². The van der Waals surface area contributed by atoms with Crippen molar-refractivity contribution in [2.75, 3.05) is 12.3 Å². The molecule has 1 heterocycles. The average molecular weight is 324 g/mol. The molecule has 1 aromatic rings. The molecule has 0 aliphatic heterocycles. The number of aromatic nitrogens is 3. The Morgan fingerprint density at radius 1 is 1.36 bits per heavy atom. The molecule has 124 valence electrons. The summed E-state index contributed by atoms with van der Waals surface area (Å²) in [4.78, 5) is 4.66. The molecule has 1 aliphatic rings. The van der Waals surface area contributed by atoms with Crippen LogP contribution in [0.1, 0.15) is 44.8 Å². The Labute approximate surface area is 137 Å². The molecule has 0 radical (unpaired) electrons. The van der Waals surface area contributed by atoms with E-state index in [1.165, 1.54) is 25.0 Å². The van der Waals surface area contributed by atoms with Gasteiger partial charge in [-0.1, -0.05) is 6.92 Å². The smallest absolute Gasteiger partial charge is 0.191 e. The van der Waals surface area contributed by atoms with Gasteiger partial charge in [0, 0.05) is 24.9 Å². The van der Waals surface area contributed by atoms with Gasteiger partial charge in [-0.25, -0.2) is 4.99 Å². The van der Waals surface area contributed by atoms with Crippen LogP contribution in [-0.4, -0.2) is 44.3 Å². The van der Waals surface area contributed by atoms with E-state index in [-0.39, 0.29) is 0 Å². The van der Waals surface area contributed by atoms with Crippen LogP contribution in [0.25, 0.3) is 0 Å². The van der Waals surface area contributed by atoms with Crippen molar-refractivity contribution >= 4 is 17.7 Å². The van der Waals surface area contributed by atoms with E-state index >= 15 is 0 Å². The maximum atomic E-state index is 4.66. The molecule has 0 bridgehead atoms. The van der Waals surface area contributed by atoms with Gasteiger partial charge in [0.1, 0.15) is 12.4 Å². The second-order valence-electron chi connectivity index (χ2n) is 5.65. The topological polar surface area (TPSA) is 67.1 Å². The predicted molar refractivity (Wildman–Crippen MR) is 93.3 cm³/mol. The molecule has 0 aromatic carbocycles. The number of aliphatic imine (C=N–C) groups is 1. The molecule has 2 unspecified atom stereocenters. The summed E-state index contributed by atoms with van der Waals surface area (Å²) in [5, 5.41) is 15.9. The summed E-state index contributed by atoms with van der Waals surface area (Å²) < 4.78 is 1.98. The highest BCUT2D eigenvalue weighted by atomic mass is 32.2. The summed E-state index contributed by atoms with van der Waals surface area (Å²) in [6, 6.07) is 0.531. The van der Waals surface area contributed by atoms with Gasteiger partial charge in [0.15, 0.2) is 11.8 Å². The maximum Gasteiger partial charge on any atom is 0.191 e. The fourth-order valence-electron chi connectivity index (χ4n) is 2.71. The van der Waals surface area contributed by atoms with Crippen molar-refractivity contribution in [2.45, 2.75) is 57.9 Å². The zero-order valence-corrected chi connectivity index (χ0v) is 14.9. The highest BCUT2D eigenvalue weighted by molar-refractivity contribution is 7.99. The van der Waals surface area contributed by atoms with Gasteiger partial charge < -0.3 is 15.2 Å². The molecule has 7 heteroatoms. The third-order valence-corrected chi connectivity index (χ3v) is 5.27. The molecule has 1 fully saturated rings. The Kier molecular flexibility index (Phi) is 6.54. The second-order valence-corrected chi connectivity index (χ2v) is 7.23. The van der Waals surface area contributed by atoms with Crippen molar-refractivity contribution in [3.8, 4) is 0 Å². The molecule has 1 aliphatic carbocycles. The largest absolute Gasteiger partial charge is 0.357 e. The van der Waals surface area contributed by atoms with E-state index in [2.05, 4.69) is 51.4 Å². The molecule has 1 aromatic heterocycles. The van der Waals surface area contributed by atoms with Gasteiger partial charge in [-0.3, -0.25) is 0 Å². The summed E-state index contributed by atoms with van der Waals surface area (Å²) >= 11 is 2.08. The molecule has 0 saturated heterocycles. The van der Waals surface area contributed by atoms with Crippen LogP contribution in [-0.2, 0) is 13.6 Å². The maximum absolute atomic E-state index is 4.66. The Morgan fingerprint density at radius 3 is 2.82 bits per heavy atom. The van der Waals surface area contributed by atoms with Crippen LogP contribution in [0.15, 0.2) is 4.99 Å². The average Bonchev–Trinajstić information content (AvgIpc) is 3.06. The first kappa shape index (κ1) is 17.1. The third-order valence-electron chi connectivity index (χ3n) is 4.03. The summed E-state index contributed by atoms with van der Waals surface area (Å²) in [6.45, 7) is 7.69. The van der Waals surface area contributed by atoms with E-state index in [1.54, 1.807) is 0 Å². The lowest BCUT2D eigenvalue weighted by atomic mass is 10.2. The number of hydrogen-bond acceptors (Lipinski definition) is 4. The lowest BCUT2D eigenvalue weighted by Gasteiger charge is -2.17. The molecule has 22 heavy (non-hydrogen) atoms. The van der Waals surface area contributed by atoms with E-state index in [4.69, 9.17) is 0 Å². The quantitative estimate of drug-likeness (QED) is 0.617. The lowest BCUT2D eigenvalue weighted by Crippen LogP contribution is -2.42. The number of nitrogens with one attached hydrogen (secondary N) is 2. The van der Waals surface area contributed by atoms with Gasteiger partial charge in [0.05, 0.1) is 0 Å². The standard InChI is InChI=1S/C15H28N6S/c1-5-16-15(17-10-14-20-19-11(3)21(14)4)18-12-7-8-13(9-12)22-6-2/h12-13H,5-10H2,1-4H3,(H2,16,17,18). The molecule has 2 atom stereocenters. The normalized spacial score (nSPS) is 22.1. The Hall–Kier alpha value is -1.24. The van der Waals surface area contributed by atoms with Crippen LogP contribution in [0.5, 0.6) is 0 Å². The number of aryl methyl sites for hydroxylation is 1. The van der Waals surface area contributed by atoms with Crippen molar-refractivity contribution in [3.63, 3.8) is 0 Å². The first-order valence-electron chi connectivity index (χ1n) is 8.15. The number of rotatable bonds is 6. The second kappa shape index (κ2) is 8.41. The zero-order valence-electron chi connectivity index (χ0n) is 14.1. The van der Waals surface area contributed by atoms with Crippen LogP contribution < -0.4 is 10.6 Å². The van der Waals surface area contributed by atoms with Crippen LogP contribution in [0.2, 0.25) is 0 Å². The first-order chi connectivity index (χ1) is 10.6. The van der Waals surface area contributed by atoms with E-state index in [9.17, 15) is 0 Å². The van der Waals surface area contributed by atoms with Gasteiger partial charge in [0.2, 0.25) is 0 Å². The highest BCUT2D eigenvalue weighted by Gasteiger charge is 2.25. The fourth-order valence-corrected chi connectivity index (χ4v) is 3.85. The monoisotopic (exact) mass is 324 g/mol. The molecule has 0 spiro atoms. The minimum Gasteiger partial charge on any atom is -0.357 e. The predicted octanol–water partition coefficient (Wildman–Crippen LogP) is 1.85. The summed E-state index contributed by atoms with van der Waals surface area (Å²) in [7, 11) is 1.98. The Bertz CT molecular complexity index is 498. The van der Waals surface area contributed by atoms with Crippen LogP contribution in [0.4, 0.5) is 0 Å². The van der Waals surface area contributed by atoms with Crippen LogP contribution in [0, 0.1) is 6.92 Å². The van der Waals surface area contributed by atoms with Gasteiger partial charge in [-0.05, 0) is 38.9 Å². The lowest BCUT2D eigenvalue weighted by molar-refractivity contribution is 0.613. The van der Waals surface area contributed by atoms with E-state index in [1.807, 2.05) is 18.5 Å². The Balaban J connectivity index is 1.92. The molecule has 2 N–H and O–H groups in total. The van der Waals surface area contributed by atoms with Crippen molar-refractivity contribution < 1.29 is 0 Å². The van der Waals surface area contributed by atoms with Crippen LogP contribution in [0.3, 0.4) is 0 Å². The van der Waals surface area contributed by atoms with E-state index in [0.29, 0.717) is 12.6 Å². The molecule has 2 rings (SSSR count). The van der Waals surface area contributed by atoms with Gasteiger partial charge in [-0.2, -0.15) is 11.8 Å². The Morgan fingerprint density at radius 2 is 2.18 bits per heavy atom. The molecule has 6 nitrogen and oxygen atoms in total. The summed E-state index contributed by atoms with van der Waals surface area (Å²) in [5.41, 5.74) is 0. The number of hydrogen-bond donors (Lipinski definition) is 2. The zero-order chi connectivity index (χ0) is 15.9. The molecular weight excluding hydrogens is 296 g/mol. The minimum absolute atomic E-state index is 0.531. The highest BCUT2D eigenvalue weighted by Crippen LogP contribution is 2.29. The number of guanidine groups is 1. The van der Waals surface area contributed by atoms with E-state index in [0.717, 1.165) is 29.4 Å². The third kappa shape index (κ3) is 4.63. The SMILES string of the molecule is CCNC(=NCc1nnc(C)n1C)NC1CCC(SCC)C1. The summed E-state index contributed by atoms with van der Waals surface area (Å²) in [6.07, 6.45) is 3.76. The fraction of sp³-hybridized carbons (Fsp3) is 0.800.